The van der Waals surface area contributed by atoms with Gasteiger partial charge in [0.2, 0.25) is 0 Å². The maximum Gasteiger partial charge on any atom is 0.172 e. The second kappa shape index (κ2) is 5.61. The summed E-state index contributed by atoms with van der Waals surface area (Å²) in [6.07, 6.45) is 0.127. The van der Waals surface area contributed by atoms with E-state index in [0.717, 1.165) is 23.2 Å². The summed E-state index contributed by atoms with van der Waals surface area (Å²) in [5.74, 6) is 0.109. The van der Waals surface area contributed by atoms with Crippen molar-refractivity contribution in [2.45, 2.75) is 32.5 Å². The van der Waals surface area contributed by atoms with Gasteiger partial charge < -0.3 is 20.6 Å². The molecule has 1 aromatic carbocycles. The van der Waals surface area contributed by atoms with Crippen molar-refractivity contribution >= 4 is 27.5 Å². The van der Waals surface area contributed by atoms with Crippen LogP contribution in [0.3, 0.4) is 0 Å². The Labute approximate surface area is 127 Å². The number of rotatable bonds is 2. The minimum Gasteiger partial charge on any atom is -0.409 e. The standard InChI is InChI=1S/C14H20BrN3O2/c1-9-7-18(8-14(2,3)20-9)12-5-4-10(15)6-11(12)13(16)17-19/h4-6,9,19H,7-8H2,1-3H3,(H2,16,17). The first-order valence-corrected chi connectivity index (χ1v) is 7.32. The fourth-order valence-corrected chi connectivity index (χ4v) is 3.04. The van der Waals surface area contributed by atoms with Crippen LogP contribution in [-0.4, -0.2) is 35.8 Å². The summed E-state index contributed by atoms with van der Waals surface area (Å²) in [5.41, 5.74) is 7.23. The minimum atomic E-state index is -0.229. The highest BCUT2D eigenvalue weighted by Gasteiger charge is 2.32. The van der Waals surface area contributed by atoms with E-state index in [1.54, 1.807) is 0 Å². The molecule has 1 atom stereocenters. The summed E-state index contributed by atoms with van der Waals surface area (Å²) in [6.45, 7) is 7.72. The Morgan fingerprint density at radius 1 is 1.55 bits per heavy atom. The third-order valence-corrected chi connectivity index (χ3v) is 3.75. The molecule has 0 radical (unpaired) electrons. The first-order valence-electron chi connectivity index (χ1n) is 6.52. The third-order valence-electron chi connectivity index (χ3n) is 3.25. The van der Waals surface area contributed by atoms with Crippen LogP contribution in [-0.2, 0) is 4.74 Å². The van der Waals surface area contributed by atoms with E-state index in [1.807, 2.05) is 18.2 Å². The number of benzene rings is 1. The highest BCUT2D eigenvalue weighted by Crippen LogP contribution is 2.30. The largest absolute Gasteiger partial charge is 0.409 e. The molecule has 0 bridgehead atoms. The molecule has 1 aliphatic heterocycles. The van der Waals surface area contributed by atoms with Crippen LogP contribution < -0.4 is 10.6 Å². The average molecular weight is 342 g/mol. The second-order valence-corrected chi connectivity index (χ2v) is 6.63. The summed E-state index contributed by atoms with van der Waals surface area (Å²) in [6, 6.07) is 5.79. The number of amidine groups is 1. The van der Waals surface area contributed by atoms with Crippen molar-refractivity contribution in [1.29, 1.82) is 0 Å². The van der Waals surface area contributed by atoms with E-state index in [9.17, 15) is 0 Å². The van der Waals surface area contributed by atoms with Crippen LogP contribution in [0.5, 0.6) is 0 Å². The topological polar surface area (TPSA) is 71.1 Å². The van der Waals surface area contributed by atoms with Gasteiger partial charge >= 0.3 is 0 Å². The van der Waals surface area contributed by atoms with Gasteiger partial charge in [-0.1, -0.05) is 21.1 Å². The maximum atomic E-state index is 8.96. The molecule has 1 unspecified atom stereocenters. The summed E-state index contributed by atoms with van der Waals surface area (Å²) in [5, 5.41) is 12.1. The van der Waals surface area contributed by atoms with Crippen molar-refractivity contribution < 1.29 is 9.94 Å². The van der Waals surface area contributed by atoms with Crippen LogP contribution in [0.2, 0.25) is 0 Å². The van der Waals surface area contributed by atoms with Gasteiger partial charge in [-0.05, 0) is 39.0 Å². The number of halogens is 1. The van der Waals surface area contributed by atoms with Crippen molar-refractivity contribution in [3.8, 4) is 0 Å². The number of anilines is 1. The molecule has 110 valence electrons. The van der Waals surface area contributed by atoms with Gasteiger partial charge in [0.05, 0.1) is 11.7 Å². The van der Waals surface area contributed by atoms with Crippen molar-refractivity contribution in [2.24, 2.45) is 10.9 Å². The molecular weight excluding hydrogens is 322 g/mol. The summed E-state index contributed by atoms with van der Waals surface area (Å²) < 4.78 is 6.81. The third kappa shape index (κ3) is 3.24. The summed E-state index contributed by atoms with van der Waals surface area (Å²) in [7, 11) is 0. The van der Waals surface area contributed by atoms with Gasteiger partial charge in [0.15, 0.2) is 5.84 Å². The van der Waals surface area contributed by atoms with Gasteiger partial charge in [0.25, 0.3) is 0 Å². The molecule has 3 N–H and O–H groups in total. The molecule has 1 fully saturated rings. The van der Waals surface area contributed by atoms with E-state index < -0.39 is 0 Å². The normalized spacial score (nSPS) is 22.9. The number of hydrogen-bond acceptors (Lipinski definition) is 4. The van der Waals surface area contributed by atoms with Crippen LogP contribution >= 0.6 is 15.9 Å². The Morgan fingerprint density at radius 3 is 2.85 bits per heavy atom. The molecular formula is C14H20BrN3O2. The van der Waals surface area contributed by atoms with Crippen molar-refractivity contribution in [3.05, 3.63) is 28.2 Å². The minimum absolute atomic E-state index is 0.109. The van der Waals surface area contributed by atoms with Crippen LogP contribution in [0.4, 0.5) is 5.69 Å². The van der Waals surface area contributed by atoms with E-state index >= 15 is 0 Å². The Hall–Kier alpha value is -1.27. The molecule has 1 aliphatic rings. The lowest BCUT2D eigenvalue weighted by Gasteiger charge is -2.43. The zero-order valence-electron chi connectivity index (χ0n) is 11.9. The molecule has 2 rings (SSSR count). The molecule has 1 saturated heterocycles. The smallest absolute Gasteiger partial charge is 0.172 e. The SMILES string of the molecule is CC1CN(c2ccc(Br)cc2/C(N)=N/O)CC(C)(C)O1. The Morgan fingerprint density at radius 2 is 2.25 bits per heavy atom. The maximum absolute atomic E-state index is 8.96. The van der Waals surface area contributed by atoms with Crippen LogP contribution in [0.15, 0.2) is 27.8 Å². The quantitative estimate of drug-likeness (QED) is 0.375. The highest BCUT2D eigenvalue weighted by atomic mass is 79.9. The van der Waals surface area contributed by atoms with E-state index in [1.165, 1.54) is 0 Å². The predicted molar refractivity (Wildman–Crippen MR) is 83.5 cm³/mol. The summed E-state index contributed by atoms with van der Waals surface area (Å²) >= 11 is 3.42. The lowest BCUT2D eigenvalue weighted by Crippen LogP contribution is -2.52. The van der Waals surface area contributed by atoms with Crippen LogP contribution in [0, 0.1) is 0 Å². The first kappa shape index (κ1) is 15.1. The van der Waals surface area contributed by atoms with Gasteiger partial charge in [0.1, 0.15) is 0 Å². The Bertz CT molecular complexity index is 531. The monoisotopic (exact) mass is 341 g/mol. The molecule has 1 aromatic rings. The van der Waals surface area contributed by atoms with E-state index in [4.69, 9.17) is 15.7 Å². The molecule has 0 saturated carbocycles. The molecule has 5 nitrogen and oxygen atoms in total. The first-order chi connectivity index (χ1) is 9.32. The van der Waals surface area contributed by atoms with Gasteiger partial charge in [-0.25, -0.2) is 0 Å². The van der Waals surface area contributed by atoms with Crippen molar-refractivity contribution in [3.63, 3.8) is 0 Å². The van der Waals surface area contributed by atoms with Gasteiger partial charge in [-0.3, -0.25) is 0 Å². The van der Waals surface area contributed by atoms with E-state index in [-0.39, 0.29) is 17.5 Å². The fourth-order valence-electron chi connectivity index (χ4n) is 2.68. The number of ether oxygens (including phenoxy) is 1. The van der Waals surface area contributed by atoms with Gasteiger partial charge in [-0.15, -0.1) is 0 Å². The summed E-state index contributed by atoms with van der Waals surface area (Å²) in [4.78, 5) is 2.22. The average Bonchev–Trinajstić information content (AvgIpc) is 2.35. The number of nitrogens with zero attached hydrogens (tertiary/aromatic N) is 2. The number of nitrogens with two attached hydrogens (primary N) is 1. The van der Waals surface area contributed by atoms with Crippen LogP contribution in [0.1, 0.15) is 26.3 Å². The Balaban J connectivity index is 2.42. The molecule has 0 aliphatic carbocycles. The van der Waals surface area contributed by atoms with Crippen molar-refractivity contribution in [1.82, 2.24) is 0 Å². The number of hydrogen-bond donors (Lipinski definition) is 2. The van der Waals surface area contributed by atoms with Gasteiger partial charge in [0, 0.05) is 28.8 Å². The zero-order valence-corrected chi connectivity index (χ0v) is 13.5. The Kier molecular flexibility index (Phi) is 4.25. The lowest BCUT2D eigenvalue weighted by molar-refractivity contribution is -0.0749. The second-order valence-electron chi connectivity index (χ2n) is 5.72. The van der Waals surface area contributed by atoms with Crippen molar-refractivity contribution in [2.75, 3.05) is 18.0 Å². The number of morpholine rings is 1. The molecule has 20 heavy (non-hydrogen) atoms. The molecule has 0 spiro atoms. The molecule has 1 heterocycles. The van der Waals surface area contributed by atoms with E-state index in [0.29, 0.717) is 5.56 Å². The predicted octanol–water partition coefficient (Wildman–Crippen LogP) is 2.55. The number of oxime groups is 1. The zero-order chi connectivity index (χ0) is 14.9. The fraction of sp³-hybridized carbons (Fsp3) is 0.500. The highest BCUT2D eigenvalue weighted by molar-refractivity contribution is 9.10. The van der Waals surface area contributed by atoms with Crippen LogP contribution in [0.25, 0.3) is 0 Å². The molecule has 0 amide bonds. The van der Waals surface area contributed by atoms with Gasteiger partial charge in [-0.2, -0.15) is 0 Å². The molecule has 0 aromatic heterocycles. The molecule has 6 heteroatoms. The lowest BCUT2D eigenvalue weighted by atomic mass is 10.0. The van der Waals surface area contributed by atoms with E-state index in [2.05, 4.69) is 46.8 Å².